The Morgan fingerprint density at radius 1 is 1.00 bits per heavy atom. The summed E-state index contributed by atoms with van der Waals surface area (Å²) in [6.45, 7) is 10.2. The number of nitrogens with one attached hydrogen (secondary N) is 1. The highest BCUT2D eigenvalue weighted by Gasteiger charge is 2.19. The van der Waals surface area contributed by atoms with E-state index in [0.29, 0.717) is 39.5 Å². The Balaban J connectivity index is 2.38. The molecule has 1 rings (SSSR count). The maximum absolute atomic E-state index is 12.3. The van der Waals surface area contributed by atoms with Crippen molar-refractivity contribution in [1.29, 1.82) is 0 Å². The zero-order valence-electron chi connectivity index (χ0n) is 14.6. The van der Waals surface area contributed by atoms with E-state index in [1.54, 1.807) is 4.90 Å². The smallest absolute Gasteiger partial charge is 0.306 e. The molecule has 134 valence electrons. The van der Waals surface area contributed by atoms with Gasteiger partial charge in [0.05, 0.1) is 32.8 Å². The van der Waals surface area contributed by atoms with Crippen molar-refractivity contribution in [2.75, 3.05) is 52.6 Å². The Kier molecular flexibility index (Phi) is 9.13. The molecule has 0 bridgehead atoms. The Hall–Kier alpha value is -1.18. The van der Waals surface area contributed by atoms with E-state index in [1.165, 1.54) is 0 Å². The quantitative estimate of drug-likeness (QED) is 0.763. The molecule has 1 aliphatic rings. The number of nitrogens with zero attached hydrogens (tertiary/aromatic N) is 1. The van der Waals surface area contributed by atoms with Crippen LogP contribution in [0.15, 0.2) is 0 Å². The van der Waals surface area contributed by atoms with E-state index in [0.717, 1.165) is 13.1 Å². The number of rotatable bonds is 3. The van der Waals surface area contributed by atoms with Crippen molar-refractivity contribution >= 4 is 11.9 Å². The third-order valence-corrected chi connectivity index (χ3v) is 3.17. The van der Waals surface area contributed by atoms with Gasteiger partial charge in [0.15, 0.2) is 0 Å². The van der Waals surface area contributed by atoms with Crippen LogP contribution >= 0.6 is 0 Å². The largest absolute Gasteiger partial charge is 0.460 e. The summed E-state index contributed by atoms with van der Waals surface area (Å²) in [5.74, 6) is -0.419. The Morgan fingerprint density at radius 2 is 1.57 bits per heavy atom. The molecule has 7 heteroatoms. The van der Waals surface area contributed by atoms with Gasteiger partial charge in [-0.3, -0.25) is 9.59 Å². The van der Waals surface area contributed by atoms with Gasteiger partial charge >= 0.3 is 5.97 Å². The molecule has 1 heterocycles. The van der Waals surface area contributed by atoms with Crippen molar-refractivity contribution in [3.8, 4) is 0 Å². The van der Waals surface area contributed by atoms with Crippen LogP contribution in [0.3, 0.4) is 0 Å². The van der Waals surface area contributed by atoms with Crippen LogP contribution in [0, 0.1) is 0 Å². The molecule has 0 aromatic heterocycles. The minimum absolute atomic E-state index is 0.0711. The predicted molar refractivity (Wildman–Crippen MR) is 86.2 cm³/mol. The molecular weight excluding hydrogens is 300 g/mol. The van der Waals surface area contributed by atoms with Gasteiger partial charge in [-0.15, -0.1) is 0 Å². The first-order valence-corrected chi connectivity index (χ1v) is 8.24. The molecular formula is C16H30N2O5. The molecule has 0 saturated carbocycles. The predicted octanol–water partition coefficient (Wildman–Crippen LogP) is 0.573. The second-order valence-electron chi connectivity index (χ2n) is 6.44. The minimum atomic E-state index is -0.525. The molecule has 1 N–H and O–H groups in total. The van der Waals surface area contributed by atoms with Crippen LogP contribution in [0.5, 0.6) is 0 Å². The summed E-state index contributed by atoms with van der Waals surface area (Å²) in [4.78, 5) is 25.7. The van der Waals surface area contributed by atoms with Gasteiger partial charge in [-0.25, -0.2) is 0 Å². The highest BCUT2D eigenvalue weighted by Crippen LogP contribution is 2.10. The number of hydrogen-bond acceptors (Lipinski definition) is 6. The maximum Gasteiger partial charge on any atom is 0.306 e. The molecule has 0 aromatic rings. The zero-order valence-corrected chi connectivity index (χ0v) is 14.6. The lowest BCUT2D eigenvalue weighted by Gasteiger charge is -2.24. The van der Waals surface area contributed by atoms with E-state index in [2.05, 4.69) is 5.32 Å². The summed E-state index contributed by atoms with van der Waals surface area (Å²) in [5.41, 5.74) is -0.525. The first kappa shape index (κ1) is 19.9. The number of hydrogen-bond donors (Lipinski definition) is 1. The average Bonchev–Trinajstić information content (AvgIpc) is 2.43. The van der Waals surface area contributed by atoms with Gasteiger partial charge in [0.25, 0.3) is 0 Å². The molecule has 0 aromatic carbocycles. The van der Waals surface area contributed by atoms with Crippen LogP contribution in [0.25, 0.3) is 0 Å². The summed E-state index contributed by atoms with van der Waals surface area (Å²) < 4.78 is 16.2. The Bertz CT molecular complexity index is 356. The standard InChI is InChI=1S/C16H30N2O5/c1-16(2,3)23-15(20)5-4-14(19)18-8-12-21-10-6-17-7-11-22-13-9-18/h17H,4-13H2,1-3H3. The van der Waals surface area contributed by atoms with Crippen molar-refractivity contribution in [2.45, 2.75) is 39.2 Å². The first-order chi connectivity index (χ1) is 10.9. The third kappa shape index (κ3) is 10.3. The topological polar surface area (TPSA) is 77.1 Å². The minimum Gasteiger partial charge on any atom is -0.460 e. The molecule has 23 heavy (non-hydrogen) atoms. The van der Waals surface area contributed by atoms with Crippen LogP contribution < -0.4 is 5.32 Å². The van der Waals surface area contributed by atoms with E-state index >= 15 is 0 Å². The maximum atomic E-state index is 12.3. The molecule has 0 spiro atoms. The van der Waals surface area contributed by atoms with E-state index in [4.69, 9.17) is 14.2 Å². The summed E-state index contributed by atoms with van der Waals surface area (Å²) in [6, 6.07) is 0. The van der Waals surface area contributed by atoms with Gasteiger partial charge in [-0.1, -0.05) is 0 Å². The van der Waals surface area contributed by atoms with Crippen molar-refractivity contribution in [3.05, 3.63) is 0 Å². The van der Waals surface area contributed by atoms with Crippen LogP contribution in [0.2, 0.25) is 0 Å². The fraction of sp³-hybridized carbons (Fsp3) is 0.875. The molecule has 0 atom stereocenters. The van der Waals surface area contributed by atoms with E-state index in [9.17, 15) is 9.59 Å². The average molecular weight is 330 g/mol. The number of amides is 1. The summed E-state index contributed by atoms with van der Waals surface area (Å²) in [7, 11) is 0. The fourth-order valence-electron chi connectivity index (χ4n) is 2.09. The van der Waals surface area contributed by atoms with E-state index in [1.807, 2.05) is 20.8 Å². The van der Waals surface area contributed by atoms with Crippen molar-refractivity contribution < 1.29 is 23.8 Å². The van der Waals surface area contributed by atoms with Crippen LogP contribution in [0.1, 0.15) is 33.6 Å². The number of esters is 1. The summed E-state index contributed by atoms with van der Waals surface area (Å²) in [5, 5.41) is 3.21. The second-order valence-corrected chi connectivity index (χ2v) is 6.44. The second kappa shape index (κ2) is 10.6. The highest BCUT2D eigenvalue weighted by molar-refractivity contribution is 5.81. The molecule has 1 aliphatic heterocycles. The van der Waals surface area contributed by atoms with Crippen LogP contribution in [0.4, 0.5) is 0 Å². The van der Waals surface area contributed by atoms with Crippen molar-refractivity contribution in [2.24, 2.45) is 0 Å². The zero-order chi connectivity index (χ0) is 17.1. The molecule has 7 nitrogen and oxygen atoms in total. The van der Waals surface area contributed by atoms with Crippen molar-refractivity contribution in [3.63, 3.8) is 0 Å². The highest BCUT2D eigenvalue weighted by atomic mass is 16.6. The van der Waals surface area contributed by atoms with E-state index < -0.39 is 5.60 Å². The van der Waals surface area contributed by atoms with Gasteiger partial charge in [-0.05, 0) is 20.8 Å². The Labute approximate surface area is 138 Å². The van der Waals surface area contributed by atoms with Gasteiger partial charge < -0.3 is 24.4 Å². The fourth-order valence-corrected chi connectivity index (χ4v) is 2.09. The lowest BCUT2D eigenvalue weighted by Crippen LogP contribution is -2.38. The molecule has 1 saturated heterocycles. The van der Waals surface area contributed by atoms with Gasteiger partial charge in [0, 0.05) is 32.6 Å². The third-order valence-electron chi connectivity index (χ3n) is 3.17. The van der Waals surface area contributed by atoms with Crippen LogP contribution in [-0.4, -0.2) is 75.0 Å². The molecule has 0 unspecified atom stereocenters. The Morgan fingerprint density at radius 3 is 2.09 bits per heavy atom. The van der Waals surface area contributed by atoms with Gasteiger partial charge in [0.1, 0.15) is 5.60 Å². The lowest BCUT2D eigenvalue weighted by molar-refractivity contribution is -0.156. The number of carbonyl (C=O) groups excluding carboxylic acids is 2. The number of ether oxygens (including phenoxy) is 3. The summed E-state index contributed by atoms with van der Waals surface area (Å²) in [6.07, 6.45) is 0.245. The SMILES string of the molecule is CC(C)(C)OC(=O)CCC(=O)N1CCOCCNCCOCC1. The molecule has 0 aliphatic carbocycles. The lowest BCUT2D eigenvalue weighted by atomic mass is 10.2. The summed E-state index contributed by atoms with van der Waals surface area (Å²) >= 11 is 0. The number of carbonyl (C=O) groups is 2. The van der Waals surface area contributed by atoms with Crippen LogP contribution in [-0.2, 0) is 23.8 Å². The molecule has 1 amide bonds. The molecule has 1 fully saturated rings. The van der Waals surface area contributed by atoms with Gasteiger partial charge in [-0.2, -0.15) is 0 Å². The normalized spacial score (nSPS) is 18.7. The monoisotopic (exact) mass is 330 g/mol. The van der Waals surface area contributed by atoms with E-state index in [-0.39, 0.29) is 24.7 Å². The first-order valence-electron chi connectivity index (χ1n) is 8.24. The van der Waals surface area contributed by atoms with Gasteiger partial charge in [0.2, 0.25) is 5.91 Å². The van der Waals surface area contributed by atoms with Crippen molar-refractivity contribution in [1.82, 2.24) is 10.2 Å². The molecule has 0 radical (unpaired) electrons.